The van der Waals surface area contributed by atoms with Gasteiger partial charge in [0.15, 0.2) is 0 Å². The Kier molecular flexibility index (Phi) is 5.55. The van der Waals surface area contributed by atoms with Gasteiger partial charge in [0, 0.05) is 39.5 Å². The minimum Gasteiger partial charge on any atom is -0.382 e. The number of aromatic amines is 1. The van der Waals surface area contributed by atoms with Crippen molar-refractivity contribution in [1.29, 1.82) is 0 Å². The molecule has 3 heterocycles. The maximum absolute atomic E-state index is 12.8. The van der Waals surface area contributed by atoms with E-state index in [0.717, 1.165) is 29.7 Å². The van der Waals surface area contributed by atoms with Crippen LogP contribution in [0.2, 0.25) is 0 Å². The number of morpholine rings is 1. The molecule has 154 valence electrons. The molecule has 28 heavy (non-hydrogen) atoms. The van der Waals surface area contributed by atoms with Crippen LogP contribution in [0.4, 0.5) is 5.82 Å². The number of fused-ring (bicyclic) bond motifs is 1. The van der Waals surface area contributed by atoms with Gasteiger partial charge in [0.2, 0.25) is 10.0 Å². The van der Waals surface area contributed by atoms with E-state index in [4.69, 9.17) is 9.47 Å². The first kappa shape index (κ1) is 19.6. The van der Waals surface area contributed by atoms with E-state index >= 15 is 0 Å². The van der Waals surface area contributed by atoms with Gasteiger partial charge in [0.1, 0.15) is 17.8 Å². The number of hydrogen-bond donors (Lipinski definition) is 1. The van der Waals surface area contributed by atoms with Crippen LogP contribution in [-0.2, 0) is 19.5 Å². The Morgan fingerprint density at radius 2 is 2.21 bits per heavy atom. The average molecular weight is 410 g/mol. The second-order valence-electron chi connectivity index (χ2n) is 7.62. The molecule has 0 spiro atoms. The van der Waals surface area contributed by atoms with E-state index in [1.165, 1.54) is 0 Å². The van der Waals surface area contributed by atoms with Gasteiger partial charge in [-0.2, -0.15) is 4.31 Å². The first-order valence-electron chi connectivity index (χ1n) is 9.57. The maximum atomic E-state index is 12.8. The van der Waals surface area contributed by atoms with E-state index in [2.05, 4.69) is 19.9 Å². The fourth-order valence-electron chi connectivity index (χ4n) is 4.10. The van der Waals surface area contributed by atoms with Gasteiger partial charge < -0.3 is 19.4 Å². The highest BCUT2D eigenvalue weighted by atomic mass is 32.2. The summed E-state index contributed by atoms with van der Waals surface area (Å²) in [6, 6.07) is 2.26. The third-order valence-electron chi connectivity index (χ3n) is 5.72. The summed E-state index contributed by atoms with van der Waals surface area (Å²) in [6.07, 6.45) is 4.91. The molecule has 4 rings (SSSR count). The molecule has 1 N–H and O–H groups in total. The number of nitrogens with one attached hydrogen (secondary N) is 1. The lowest BCUT2D eigenvalue weighted by molar-refractivity contribution is -0.0408. The molecule has 2 aliphatic rings. The molecule has 10 heteroatoms. The normalized spacial score (nSPS) is 26.3. The summed E-state index contributed by atoms with van der Waals surface area (Å²) >= 11 is 0. The number of rotatable bonds is 7. The van der Waals surface area contributed by atoms with E-state index in [9.17, 15) is 8.42 Å². The zero-order chi connectivity index (χ0) is 19.7. The van der Waals surface area contributed by atoms with Crippen molar-refractivity contribution in [2.45, 2.75) is 25.0 Å². The molecule has 1 aliphatic heterocycles. The lowest BCUT2D eigenvalue weighted by atomic mass is 9.81. The molecule has 0 aromatic carbocycles. The molecule has 0 radical (unpaired) electrons. The molecule has 2 aromatic rings. The van der Waals surface area contributed by atoms with Gasteiger partial charge >= 0.3 is 0 Å². The van der Waals surface area contributed by atoms with Crippen LogP contribution in [0.3, 0.4) is 0 Å². The van der Waals surface area contributed by atoms with E-state index in [1.54, 1.807) is 17.7 Å². The fraction of sp³-hybridized carbons (Fsp3) is 0.667. The molecule has 1 saturated heterocycles. The molecular formula is C18H27N5O4S. The van der Waals surface area contributed by atoms with Crippen LogP contribution in [0.15, 0.2) is 18.6 Å². The second kappa shape index (κ2) is 7.94. The van der Waals surface area contributed by atoms with Crippen molar-refractivity contribution in [1.82, 2.24) is 19.3 Å². The van der Waals surface area contributed by atoms with E-state index in [-0.39, 0.29) is 17.8 Å². The third kappa shape index (κ3) is 3.86. The van der Waals surface area contributed by atoms with Crippen LogP contribution in [0.1, 0.15) is 12.8 Å². The zero-order valence-corrected chi connectivity index (χ0v) is 17.1. The number of hydrogen-bond acceptors (Lipinski definition) is 7. The van der Waals surface area contributed by atoms with E-state index < -0.39 is 10.0 Å². The van der Waals surface area contributed by atoms with Crippen molar-refractivity contribution >= 4 is 26.9 Å². The van der Waals surface area contributed by atoms with E-state index in [0.29, 0.717) is 32.3 Å². The Bertz CT molecular complexity index is 910. The Morgan fingerprint density at radius 3 is 3.00 bits per heavy atom. The van der Waals surface area contributed by atoms with Crippen LogP contribution >= 0.6 is 0 Å². The van der Waals surface area contributed by atoms with Gasteiger partial charge in [0.05, 0.1) is 30.5 Å². The van der Waals surface area contributed by atoms with Crippen LogP contribution in [0.5, 0.6) is 0 Å². The third-order valence-corrected chi connectivity index (χ3v) is 7.73. The summed E-state index contributed by atoms with van der Waals surface area (Å²) in [7, 11) is 0.328. The number of sulfonamides is 1. The van der Waals surface area contributed by atoms with Crippen molar-refractivity contribution in [3.8, 4) is 0 Å². The Balaban J connectivity index is 1.34. The predicted octanol–water partition coefficient (Wildman–Crippen LogP) is 0.850. The lowest BCUT2D eigenvalue weighted by Gasteiger charge is -2.42. The number of ether oxygens (including phenoxy) is 2. The summed E-state index contributed by atoms with van der Waals surface area (Å²) in [5.41, 5.74) is 0.813. The average Bonchev–Trinajstić information content (AvgIpc) is 3.13. The van der Waals surface area contributed by atoms with Gasteiger partial charge in [-0.3, -0.25) is 0 Å². The molecule has 9 nitrogen and oxygen atoms in total. The van der Waals surface area contributed by atoms with Crippen molar-refractivity contribution in [2.24, 2.45) is 5.92 Å². The van der Waals surface area contributed by atoms with Crippen LogP contribution in [0, 0.1) is 5.92 Å². The Labute approximate surface area is 165 Å². The number of aromatic nitrogens is 3. The molecule has 1 atom stereocenters. The van der Waals surface area contributed by atoms with Crippen molar-refractivity contribution in [3.05, 3.63) is 18.6 Å². The van der Waals surface area contributed by atoms with Gasteiger partial charge in [-0.25, -0.2) is 18.4 Å². The Morgan fingerprint density at radius 1 is 1.39 bits per heavy atom. The number of nitrogens with zero attached hydrogens (tertiary/aromatic N) is 4. The summed E-state index contributed by atoms with van der Waals surface area (Å²) in [5.74, 6) is 1.25. The topological polar surface area (TPSA) is 101 Å². The molecule has 0 bridgehead atoms. The van der Waals surface area contributed by atoms with Crippen LogP contribution in [0.25, 0.3) is 11.0 Å². The summed E-state index contributed by atoms with van der Waals surface area (Å²) in [5, 5.41) is 0.985. The summed E-state index contributed by atoms with van der Waals surface area (Å²) in [6.45, 7) is 1.63. The lowest BCUT2D eigenvalue weighted by Crippen LogP contribution is -2.51. The standard InChI is InChI=1S/C18H27N5O4S/c1-22(18-16-3-4-19-17(16)20-12-21-18)14-7-13(8-14)11-28(24,25)23-5-6-27-15(9-23)10-26-2/h3-4,12-15H,5-11H2,1-2H3,(H,19,20,21). The zero-order valence-electron chi connectivity index (χ0n) is 16.2. The smallest absolute Gasteiger partial charge is 0.214 e. The van der Waals surface area contributed by atoms with Crippen LogP contribution in [-0.4, -0.2) is 86.0 Å². The quantitative estimate of drug-likeness (QED) is 0.723. The molecule has 1 aliphatic carbocycles. The van der Waals surface area contributed by atoms with Crippen molar-refractivity contribution < 1.29 is 17.9 Å². The fourth-order valence-corrected chi connectivity index (χ4v) is 5.93. The van der Waals surface area contributed by atoms with Gasteiger partial charge in [-0.1, -0.05) is 0 Å². The first-order chi connectivity index (χ1) is 13.5. The molecular weight excluding hydrogens is 382 g/mol. The molecule has 1 saturated carbocycles. The van der Waals surface area contributed by atoms with Crippen molar-refractivity contribution in [2.75, 3.05) is 51.1 Å². The monoisotopic (exact) mass is 409 g/mol. The highest BCUT2D eigenvalue weighted by molar-refractivity contribution is 7.89. The molecule has 2 aromatic heterocycles. The number of anilines is 1. The Hall–Kier alpha value is -1.75. The highest BCUT2D eigenvalue weighted by Crippen LogP contribution is 2.36. The highest BCUT2D eigenvalue weighted by Gasteiger charge is 2.38. The molecule has 2 fully saturated rings. The van der Waals surface area contributed by atoms with Gasteiger partial charge in [0.25, 0.3) is 0 Å². The predicted molar refractivity (Wildman–Crippen MR) is 106 cm³/mol. The largest absolute Gasteiger partial charge is 0.382 e. The van der Waals surface area contributed by atoms with Crippen LogP contribution < -0.4 is 4.90 Å². The SMILES string of the molecule is COCC1CN(S(=O)(=O)CC2CC(N(C)c3ncnc4[nH]ccc34)C2)CCO1. The van der Waals surface area contributed by atoms with Gasteiger partial charge in [-0.15, -0.1) is 0 Å². The van der Waals surface area contributed by atoms with Gasteiger partial charge in [-0.05, 0) is 24.8 Å². The van der Waals surface area contributed by atoms with Crippen molar-refractivity contribution in [3.63, 3.8) is 0 Å². The second-order valence-corrected chi connectivity index (χ2v) is 9.64. The molecule has 1 unspecified atom stereocenters. The van der Waals surface area contributed by atoms with E-state index in [1.807, 2.05) is 19.3 Å². The maximum Gasteiger partial charge on any atom is 0.214 e. The number of H-pyrrole nitrogens is 1. The minimum absolute atomic E-state index is 0.171. The minimum atomic E-state index is -3.29. The first-order valence-corrected chi connectivity index (χ1v) is 11.2. The summed E-state index contributed by atoms with van der Waals surface area (Å²) in [4.78, 5) is 13.9. The summed E-state index contributed by atoms with van der Waals surface area (Å²) < 4.78 is 37.9. The molecule has 0 amide bonds. The number of methoxy groups -OCH3 is 1.